The first-order valence-electron chi connectivity index (χ1n) is 13.6. The summed E-state index contributed by atoms with van der Waals surface area (Å²) < 4.78 is 18.7. The lowest BCUT2D eigenvalue weighted by atomic mass is 9.99. The fourth-order valence-electron chi connectivity index (χ4n) is 4.79. The lowest BCUT2D eigenvalue weighted by Crippen LogP contribution is -2.40. The van der Waals surface area contributed by atoms with E-state index >= 15 is 0 Å². The number of benzene rings is 2. The van der Waals surface area contributed by atoms with Crippen molar-refractivity contribution in [3.63, 3.8) is 0 Å². The molecule has 0 bridgehead atoms. The zero-order valence-electron chi connectivity index (χ0n) is 24.4. The third-order valence-corrected chi connectivity index (χ3v) is 6.73. The summed E-state index contributed by atoms with van der Waals surface area (Å²) >= 11 is 0. The molecular weight excluding hydrogens is 520 g/mol. The molecule has 5 rings (SSSR count). The third kappa shape index (κ3) is 6.59. The number of amides is 1. The number of aromatic nitrogens is 4. The number of rotatable bonds is 7. The monoisotopic (exact) mass is 556 g/mol. The second-order valence-corrected chi connectivity index (χ2v) is 11.0. The fraction of sp³-hybridized carbons (Fsp3) is 0.355. The van der Waals surface area contributed by atoms with Crippen LogP contribution in [0.2, 0.25) is 0 Å². The molecule has 10 nitrogen and oxygen atoms in total. The van der Waals surface area contributed by atoms with Crippen LogP contribution in [0.5, 0.6) is 11.5 Å². The highest BCUT2D eigenvalue weighted by molar-refractivity contribution is 5.69. The van der Waals surface area contributed by atoms with Gasteiger partial charge in [0.1, 0.15) is 17.1 Å². The molecule has 0 saturated heterocycles. The number of methoxy groups -OCH3 is 2. The Morgan fingerprint density at radius 3 is 2.61 bits per heavy atom. The van der Waals surface area contributed by atoms with Crippen LogP contribution in [0.1, 0.15) is 49.0 Å². The van der Waals surface area contributed by atoms with Crippen molar-refractivity contribution in [2.45, 2.75) is 52.7 Å². The number of ether oxygens (including phenoxy) is 3. The maximum absolute atomic E-state index is 12.9. The van der Waals surface area contributed by atoms with Gasteiger partial charge in [0.25, 0.3) is 0 Å². The van der Waals surface area contributed by atoms with E-state index in [0.717, 1.165) is 45.3 Å². The largest absolute Gasteiger partial charge is 0.497 e. The smallest absolute Gasteiger partial charge is 0.410 e. The summed E-state index contributed by atoms with van der Waals surface area (Å²) in [5.41, 5.74) is 5.77. The number of carbonyl (C=O) groups excluding carboxylic acids is 1. The van der Waals surface area contributed by atoms with E-state index in [9.17, 15) is 4.79 Å². The van der Waals surface area contributed by atoms with E-state index in [-0.39, 0.29) is 6.09 Å². The van der Waals surface area contributed by atoms with E-state index in [0.29, 0.717) is 37.6 Å². The van der Waals surface area contributed by atoms with Crippen molar-refractivity contribution in [1.29, 1.82) is 0 Å². The molecule has 4 aromatic rings. The van der Waals surface area contributed by atoms with Crippen LogP contribution in [0.15, 0.2) is 55.0 Å². The lowest BCUT2D eigenvalue weighted by Gasteiger charge is -2.31. The van der Waals surface area contributed by atoms with Crippen LogP contribution in [0, 0.1) is 6.92 Å². The minimum Gasteiger partial charge on any atom is -0.497 e. The number of anilines is 2. The number of aryl methyl sites for hydroxylation is 1. The van der Waals surface area contributed by atoms with Gasteiger partial charge in [0.2, 0.25) is 5.95 Å². The fourth-order valence-corrected chi connectivity index (χ4v) is 4.79. The maximum Gasteiger partial charge on any atom is 0.410 e. The summed E-state index contributed by atoms with van der Waals surface area (Å²) in [7, 11) is 3.30. The van der Waals surface area contributed by atoms with Crippen LogP contribution in [-0.2, 0) is 24.1 Å². The molecule has 0 radical (unpaired) electrons. The van der Waals surface area contributed by atoms with Crippen molar-refractivity contribution in [2.24, 2.45) is 0 Å². The van der Waals surface area contributed by atoms with Crippen LogP contribution in [-0.4, -0.2) is 56.9 Å². The SMILES string of the molecule is COc1cccc(Cc2nc(Nc3ccc(-n4cnc(C)c4)c(OC)c3)nc3c2CN(C(=O)OC(C)(C)C)CC3)c1. The minimum atomic E-state index is -0.571. The second kappa shape index (κ2) is 11.5. The first-order chi connectivity index (χ1) is 19.6. The number of fused-ring (bicyclic) bond motifs is 1. The zero-order chi connectivity index (χ0) is 29.1. The van der Waals surface area contributed by atoms with Gasteiger partial charge in [-0.3, -0.25) is 0 Å². The van der Waals surface area contributed by atoms with Gasteiger partial charge in [-0.1, -0.05) is 12.1 Å². The van der Waals surface area contributed by atoms with Crippen molar-refractivity contribution >= 4 is 17.7 Å². The van der Waals surface area contributed by atoms with Gasteiger partial charge in [-0.2, -0.15) is 0 Å². The minimum absolute atomic E-state index is 0.335. The van der Waals surface area contributed by atoms with Crippen LogP contribution < -0.4 is 14.8 Å². The van der Waals surface area contributed by atoms with Gasteiger partial charge < -0.3 is 29.0 Å². The molecule has 214 valence electrons. The summed E-state index contributed by atoms with van der Waals surface area (Å²) in [4.78, 5) is 28.7. The normalized spacial score (nSPS) is 13.0. The van der Waals surface area contributed by atoms with Gasteiger partial charge in [0, 0.05) is 42.9 Å². The number of hydrogen-bond acceptors (Lipinski definition) is 8. The molecule has 0 aliphatic carbocycles. The molecular formula is C31H36N6O4. The summed E-state index contributed by atoms with van der Waals surface area (Å²) in [6, 6.07) is 13.8. The van der Waals surface area contributed by atoms with E-state index in [4.69, 9.17) is 24.2 Å². The van der Waals surface area contributed by atoms with Crippen molar-refractivity contribution in [3.8, 4) is 17.2 Å². The molecule has 10 heteroatoms. The van der Waals surface area contributed by atoms with Crippen molar-refractivity contribution in [2.75, 3.05) is 26.1 Å². The van der Waals surface area contributed by atoms with Crippen LogP contribution in [0.3, 0.4) is 0 Å². The molecule has 0 unspecified atom stereocenters. The van der Waals surface area contributed by atoms with E-state index in [1.54, 1.807) is 25.4 Å². The van der Waals surface area contributed by atoms with E-state index in [1.807, 2.05) is 80.9 Å². The van der Waals surface area contributed by atoms with Gasteiger partial charge in [-0.25, -0.2) is 19.7 Å². The molecule has 1 amide bonds. The standard InChI is InChI=1S/C31H36N6O4/c1-20-17-37(19-32-20)27-11-10-22(16-28(27)40-6)33-29-34-25-12-13-36(30(38)41-31(2,3)4)18-24(25)26(35-29)15-21-8-7-9-23(14-21)39-5/h7-11,14,16-17,19H,12-13,15,18H2,1-6H3,(H,33,34,35). The predicted octanol–water partition coefficient (Wildman–Crippen LogP) is 5.62. The number of imidazole rings is 1. The summed E-state index contributed by atoms with van der Waals surface area (Å²) in [6.07, 6.45) is 4.53. The molecule has 1 aliphatic rings. The molecule has 3 heterocycles. The topological polar surface area (TPSA) is 104 Å². The Labute approximate surface area is 240 Å². The Bertz CT molecular complexity index is 1560. The lowest BCUT2D eigenvalue weighted by molar-refractivity contribution is 0.0222. The number of carbonyl (C=O) groups is 1. The number of hydrogen-bond donors (Lipinski definition) is 1. The highest BCUT2D eigenvalue weighted by Crippen LogP contribution is 2.30. The number of nitrogens with one attached hydrogen (secondary N) is 1. The highest BCUT2D eigenvalue weighted by atomic mass is 16.6. The molecule has 41 heavy (non-hydrogen) atoms. The van der Waals surface area contributed by atoms with Crippen LogP contribution in [0.4, 0.5) is 16.4 Å². The Balaban J connectivity index is 1.47. The summed E-state index contributed by atoms with van der Waals surface area (Å²) in [6.45, 7) is 8.46. The van der Waals surface area contributed by atoms with Gasteiger partial charge >= 0.3 is 6.09 Å². The highest BCUT2D eigenvalue weighted by Gasteiger charge is 2.29. The van der Waals surface area contributed by atoms with Gasteiger partial charge in [0.05, 0.1) is 49.9 Å². The Hall–Kier alpha value is -4.60. The maximum atomic E-state index is 12.9. The van der Waals surface area contributed by atoms with Crippen LogP contribution >= 0.6 is 0 Å². The van der Waals surface area contributed by atoms with Crippen molar-refractivity contribution < 1.29 is 19.0 Å². The first kappa shape index (κ1) is 27.9. The predicted molar refractivity (Wildman–Crippen MR) is 156 cm³/mol. The average Bonchev–Trinajstić information content (AvgIpc) is 3.37. The molecule has 2 aromatic heterocycles. The first-order valence-corrected chi connectivity index (χ1v) is 13.6. The van der Waals surface area contributed by atoms with Crippen molar-refractivity contribution in [1.82, 2.24) is 24.4 Å². The second-order valence-electron chi connectivity index (χ2n) is 11.0. The van der Waals surface area contributed by atoms with Gasteiger partial charge in [0.15, 0.2) is 0 Å². The van der Waals surface area contributed by atoms with Crippen molar-refractivity contribution in [3.05, 3.63) is 83.2 Å². The summed E-state index contributed by atoms with van der Waals surface area (Å²) in [5.74, 6) is 1.95. The molecule has 0 spiro atoms. The summed E-state index contributed by atoms with van der Waals surface area (Å²) in [5, 5.41) is 3.37. The molecule has 1 aliphatic heterocycles. The number of nitrogens with zero attached hydrogens (tertiary/aromatic N) is 5. The molecule has 2 aromatic carbocycles. The van der Waals surface area contributed by atoms with Crippen LogP contribution in [0.25, 0.3) is 5.69 Å². The zero-order valence-corrected chi connectivity index (χ0v) is 24.4. The van der Waals surface area contributed by atoms with Gasteiger partial charge in [-0.05, 0) is 57.5 Å². The van der Waals surface area contributed by atoms with E-state index in [1.165, 1.54) is 0 Å². The van der Waals surface area contributed by atoms with E-state index in [2.05, 4.69) is 10.3 Å². The third-order valence-electron chi connectivity index (χ3n) is 6.73. The Kier molecular flexibility index (Phi) is 7.83. The van der Waals surface area contributed by atoms with E-state index < -0.39 is 5.60 Å². The molecule has 0 fully saturated rings. The Morgan fingerprint density at radius 2 is 1.90 bits per heavy atom. The average molecular weight is 557 g/mol. The molecule has 0 atom stereocenters. The Morgan fingerprint density at radius 1 is 1.07 bits per heavy atom. The van der Waals surface area contributed by atoms with Gasteiger partial charge in [-0.15, -0.1) is 0 Å². The molecule has 1 N–H and O–H groups in total. The quantitative estimate of drug-likeness (QED) is 0.313. The molecule has 0 saturated carbocycles.